The van der Waals surface area contributed by atoms with Crippen molar-refractivity contribution >= 4 is 33.4 Å². The smallest absolute Gasteiger partial charge is 0.410 e. The van der Waals surface area contributed by atoms with Crippen LogP contribution < -0.4 is 8.61 Å². The summed E-state index contributed by atoms with van der Waals surface area (Å²) in [5, 5.41) is 0. The van der Waals surface area contributed by atoms with E-state index in [2.05, 4.69) is 0 Å². The maximum absolute atomic E-state index is 14.8. The number of carbonyl (C=O) groups excluding carboxylic acids is 1. The third-order valence-corrected chi connectivity index (χ3v) is 7.49. The highest BCUT2D eigenvalue weighted by Gasteiger charge is 2.44. The standard InChI is InChI=1S/C23H27F3N4O4S/c1-23(2,3)34-22(31)28-12-9-27(10-13-28)11-14-29-21-17(25)5-4-6-20(21)30(35(29,32)33)19-8-7-16(24)15-18(19)26/h4-8,15H,9-14H2,1-3H3. The van der Waals surface area contributed by atoms with Crippen LogP contribution in [-0.4, -0.2) is 69.2 Å². The van der Waals surface area contributed by atoms with Gasteiger partial charge < -0.3 is 9.64 Å². The van der Waals surface area contributed by atoms with Crippen LogP contribution >= 0.6 is 0 Å². The molecule has 35 heavy (non-hydrogen) atoms. The molecule has 4 rings (SSSR count). The van der Waals surface area contributed by atoms with Gasteiger partial charge in [0, 0.05) is 45.3 Å². The second kappa shape index (κ2) is 9.23. The molecule has 0 bridgehead atoms. The molecule has 2 aliphatic heterocycles. The molecule has 2 aliphatic rings. The second-order valence-electron chi connectivity index (χ2n) is 9.36. The van der Waals surface area contributed by atoms with E-state index in [9.17, 15) is 26.4 Å². The quantitative estimate of drug-likeness (QED) is 0.622. The minimum Gasteiger partial charge on any atom is -0.444 e. The number of hydrogen-bond donors (Lipinski definition) is 0. The molecule has 0 atom stereocenters. The number of carbonyl (C=O) groups is 1. The lowest BCUT2D eigenvalue weighted by Crippen LogP contribution is -2.51. The maximum atomic E-state index is 14.8. The highest BCUT2D eigenvalue weighted by Crippen LogP contribution is 2.47. The first-order valence-corrected chi connectivity index (χ1v) is 12.5. The van der Waals surface area contributed by atoms with Gasteiger partial charge in [0.05, 0.1) is 11.4 Å². The van der Waals surface area contributed by atoms with Gasteiger partial charge in [-0.15, -0.1) is 0 Å². The summed E-state index contributed by atoms with van der Waals surface area (Å²) in [4.78, 5) is 15.8. The molecule has 2 aromatic rings. The van der Waals surface area contributed by atoms with E-state index in [1.165, 1.54) is 12.1 Å². The van der Waals surface area contributed by atoms with Gasteiger partial charge in [-0.2, -0.15) is 8.42 Å². The van der Waals surface area contributed by atoms with Gasteiger partial charge in [0.2, 0.25) is 0 Å². The summed E-state index contributed by atoms with van der Waals surface area (Å²) in [5.74, 6) is -2.71. The molecule has 1 amide bonds. The SMILES string of the molecule is CC(C)(C)OC(=O)N1CCN(CCN2c3c(F)cccc3N(c3ccc(F)cc3F)S2(=O)=O)CC1. The van der Waals surface area contributed by atoms with Crippen molar-refractivity contribution in [2.45, 2.75) is 26.4 Å². The number of rotatable bonds is 4. The summed E-state index contributed by atoms with van der Waals surface area (Å²) in [5.41, 5.74) is -1.24. The van der Waals surface area contributed by atoms with Gasteiger partial charge in [0.25, 0.3) is 0 Å². The molecular formula is C23H27F3N4O4S. The Labute approximate surface area is 202 Å². The lowest BCUT2D eigenvalue weighted by atomic mass is 10.2. The van der Waals surface area contributed by atoms with Crippen LogP contribution in [0.3, 0.4) is 0 Å². The second-order valence-corrected chi connectivity index (χ2v) is 11.1. The minimum absolute atomic E-state index is 0.0507. The highest BCUT2D eigenvalue weighted by atomic mass is 32.2. The molecule has 8 nitrogen and oxygen atoms in total. The van der Waals surface area contributed by atoms with Crippen LogP contribution in [0, 0.1) is 17.5 Å². The van der Waals surface area contributed by atoms with Crippen LogP contribution in [0.5, 0.6) is 0 Å². The largest absolute Gasteiger partial charge is 0.444 e. The van der Waals surface area contributed by atoms with Gasteiger partial charge in [-0.05, 0) is 45.0 Å². The Hall–Kier alpha value is -2.99. The van der Waals surface area contributed by atoms with Crippen LogP contribution in [-0.2, 0) is 14.9 Å². The van der Waals surface area contributed by atoms with Crippen molar-refractivity contribution in [2.24, 2.45) is 0 Å². The van der Waals surface area contributed by atoms with Gasteiger partial charge in [0.15, 0.2) is 5.82 Å². The highest BCUT2D eigenvalue weighted by molar-refractivity contribution is 7.95. The number of anilines is 3. The number of nitrogens with zero attached hydrogens (tertiary/aromatic N) is 4. The van der Waals surface area contributed by atoms with E-state index < -0.39 is 45.0 Å². The van der Waals surface area contributed by atoms with E-state index in [0.29, 0.717) is 36.6 Å². The number of benzene rings is 2. The number of amides is 1. The molecule has 0 saturated carbocycles. The summed E-state index contributed by atoms with van der Waals surface area (Å²) < 4.78 is 76.6. The van der Waals surface area contributed by atoms with Crippen LogP contribution in [0.4, 0.5) is 35.0 Å². The first kappa shape index (κ1) is 25.1. The molecule has 0 unspecified atom stereocenters. The Morgan fingerprint density at radius 2 is 1.63 bits per heavy atom. The fourth-order valence-electron chi connectivity index (χ4n) is 4.09. The first-order chi connectivity index (χ1) is 16.4. The molecule has 1 saturated heterocycles. The Morgan fingerprint density at radius 3 is 2.26 bits per heavy atom. The van der Waals surface area contributed by atoms with Crippen LogP contribution in [0.15, 0.2) is 36.4 Å². The zero-order valence-corrected chi connectivity index (χ0v) is 20.5. The fraction of sp³-hybridized carbons (Fsp3) is 0.435. The molecule has 0 radical (unpaired) electrons. The van der Waals surface area contributed by atoms with E-state index in [1.807, 2.05) is 4.90 Å². The maximum Gasteiger partial charge on any atom is 0.410 e. The van der Waals surface area contributed by atoms with E-state index in [4.69, 9.17) is 4.74 Å². The van der Waals surface area contributed by atoms with Crippen LogP contribution in [0.2, 0.25) is 0 Å². The fourth-order valence-corrected chi connectivity index (χ4v) is 5.81. The third-order valence-electron chi connectivity index (χ3n) is 5.71. The summed E-state index contributed by atoms with van der Waals surface area (Å²) in [6.07, 6.45) is -0.410. The van der Waals surface area contributed by atoms with Crippen molar-refractivity contribution < 1.29 is 31.1 Å². The van der Waals surface area contributed by atoms with Gasteiger partial charge in [-0.25, -0.2) is 26.6 Å². The van der Waals surface area contributed by atoms with Crippen molar-refractivity contribution in [3.05, 3.63) is 53.8 Å². The van der Waals surface area contributed by atoms with Gasteiger partial charge in [-0.1, -0.05) is 6.07 Å². The lowest BCUT2D eigenvalue weighted by molar-refractivity contribution is 0.0148. The van der Waals surface area contributed by atoms with E-state index in [-0.39, 0.29) is 24.5 Å². The number of hydrogen-bond acceptors (Lipinski definition) is 5. The molecule has 0 N–H and O–H groups in total. The first-order valence-electron chi connectivity index (χ1n) is 11.2. The number of halogens is 3. The molecule has 0 aromatic heterocycles. The molecule has 0 spiro atoms. The van der Waals surface area contributed by atoms with Gasteiger partial charge >= 0.3 is 16.3 Å². The molecule has 0 aliphatic carbocycles. The summed E-state index contributed by atoms with van der Waals surface area (Å²) in [7, 11) is -4.39. The Morgan fingerprint density at radius 1 is 0.943 bits per heavy atom. The average molecular weight is 513 g/mol. The number of piperazine rings is 1. The van der Waals surface area contributed by atoms with Crippen molar-refractivity contribution in [1.29, 1.82) is 0 Å². The van der Waals surface area contributed by atoms with Crippen molar-refractivity contribution in [3.63, 3.8) is 0 Å². The van der Waals surface area contributed by atoms with E-state index in [1.54, 1.807) is 25.7 Å². The van der Waals surface area contributed by atoms with E-state index >= 15 is 0 Å². The molecule has 190 valence electrons. The van der Waals surface area contributed by atoms with Crippen molar-refractivity contribution in [3.8, 4) is 0 Å². The van der Waals surface area contributed by atoms with Crippen LogP contribution in [0.1, 0.15) is 20.8 Å². The zero-order valence-electron chi connectivity index (χ0n) is 19.7. The average Bonchev–Trinajstić information content (AvgIpc) is 2.98. The lowest BCUT2D eigenvalue weighted by Gasteiger charge is -2.36. The van der Waals surface area contributed by atoms with Gasteiger partial charge in [-0.3, -0.25) is 4.90 Å². The Balaban J connectivity index is 1.51. The minimum atomic E-state index is -4.39. The number of ether oxygens (including phenoxy) is 1. The molecule has 12 heteroatoms. The van der Waals surface area contributed by atoms with Crippen molar-refractivity contribution in [2.75, 3.05) is 47.9 Å². The van der Waals surface area contributed by atoms with Gasteiger partial charge in [0.1, 0.15) is 22.9 Å². The third kappa shape index (κ3) is 5.03. The summed E-state index contributed by atoms with van der Waals surface area (Å²) in [6, 6.07) is 6.37. The van der Waals surface area contributed by atoms with E-state index in [0.717, 1.165) is 22.5 Å². The Kier molecular flexibility index (Phi) is 6.62. The summed E-state index contributed by atoms with van der Waals surface area (Å²) >= 11 is 0. The number of para-hydroxylation sites is 1. The predicted molar refractivity (Wildman–Crippen MR) is 125 cm³/mol. The van der Waals surface area contributed by atoms with Crippen molar-refractivity contribution in [1.82, 2.24) is 9.80 Å². The molecular weight excluding hydrogens is 485 g/mol. The molecule has 2 heterocycles. The normalized spacial score (nSPS) is 18.1. The zero-order chi connectivity index (χ0) is 25.5. The predicted octanol–water partition coefficient (Wildman–Crippen LogP) is 3.86. The molecule has 2 aromatic carbocycles. The number of fused-ring (bicyclic) bond motifs is 1. The topological polar surface area (TPSA) is 73.4 Å². The summed E-state index contributed by atoms with van der Waals surface area (Å²) in [6.45, 7) is 7.29. The molecule has 1 fully saturated rings. The Bertz CT molecular complexity index is 1230. The van der Waals surface area contributed by atoms with Crippen LogP contribution in [0.25, 0.3) is 0 Å². The monoisotopic (exact) mass is 512 g/mol.